The molecule has 0 atom stereocenters. The van der Waals surface area contributed by atoms with Gasteiger partial charge in [-0.2, -0.15) is 26.3 Å². The summed E-state index contributed by atoms with van der Waals surface area (Å²) in [4.78, 5) is 24.4. The number of carboxylic acid groups (broad SMARTS) is 2. The highest BCUT2D eigenvalue weighted by Gasteiger charge is 2.38. The largest absolute Gasteiger partial charge is 0.490 e. The van der Waals surface area contributed by atoms with Crippen molar-refractivity contribution in [1.29, 1.82) is 0 Å². The summed E-state index contributed by atoms with van der Waals surface area (Å²) in [5.74, 6) is -4.97. The van der Waals surface area contributed by atoms with E-state index in [9.17, 15) is 30.7 Å². The van der Waals surface area contributed by atoms with Gasteiger partial charge in [0, 0.05) is 18.9 Å². The Labute approximate surface area is 196 Å². The Balaban J connectivity index is 0.000000362. The maximum atomic E-state index is 13.7. The first-order valence-electron chi connectivity index (χ1n) is 10.1. The zero-order chi connectivity index (χ0) is 26.6. The average molecular weight is 512 g/mol. The fourth-order valence-corrected chi connectivity index (χ4v) is 3.07. The Morgan fingerprint density at radius 2 is 1.43 bits per heavy atom. The monoisotopic (exact) mass is 512 g/mol. The molecular weight excluding hydrogens is 489 g/mol. The lowest BCUT2D eigenvalue weighted by Crippen LogP contribution is -2.33. The quantitative estimate of drug-likeness (QED) is 0.564. The number of likely N-dealkylation sites (tertiary alicyclic amines) is 1. The summed E-state index contributed by atoms with van der Waals surface area (Å²) in [6, 6.07) is 11.3. The molecule has 0 bridgehead atoms. The highest BCUT2D eigenvalue weighted by atomic mass is 19.4. The van der Waals surface area contributed by atoms with Crippen molar-refractivity contribution < 1.29 is 50.5 Å². The molecule has 0 radical (unpaired) electrons. The van der Waals surface area contributed by atoms with E-state index in [-0.39, 0.29) is 5.82 Å². The van der Waals surface area contributed by atoms with Crippen molar-refractivity contribution in [2.75, 3.05) is 13.1 Å². The predicted molar refractivity (Wildman–Crippen MR) is 110 cm³/mol. The van der Waals surface area contributed by atoms with E-state index in [1.165, 1.54) is 5.56 Å². The van der Waals surface area contributed by atoms with Crippen LogP contribution in [0.3, 0.4) is 0 Å². The van der Waals surface area contributed by atoms with Crippen LogP contribution in [0.5, 0.6) is 0 Å². The molecule has 3 rings (SSSR count). The van der Waals surface area contributed by atoms with Gasteiger partial charge in [-0.3, -0.25) is 9.88 Å². The van der Waals surface area contributed by atoms with Crippen molar-refractivity contribution in [3.8, 4) is 0 Å². The molecule has 0 saturated carbocycles. The third-order valence-corrected chi connectivity index (χ3v) is 4.79. The van der Waals surface area contributed by atoms with Gasteiger partial charge in [-0.25, -0.2) is 14.0 Å². The van der Waals surface area contributed by atoms with Crippen LogP contribution in [0, 0.1) is 11.7 Å². The number of carboxylic acids is 2. The van der Waals surface area contributed by atoms with E-state index in [0.717, 1.165) is 44.5 Å². The number of nitrogens with zero attached hydrogens (tertiary/aromatic N) is 2. The van der Waals surface area contributed by atoms with Crippen molar-refractivity contribution in [3.63, 3.8) is 0 Å². The number of alkyl halides is 6. The molecule has 2 aromatic rings. The van der Waals surface area contributed by atoms with Gasteiger partial charge < -0.3 is 10.2 Å². The van der Waals surface area contributed by atoms with Gasteiger partial charge in [0.25, 0.3) is 0 Å². The molecule has 1 aliphatic rings. The zero-order valence-electron chi connectivity index (χ0n) is 18.2. The van der Waals surface area contributed by atoms with Gasteiger partial charge in [0.15, 0.2) is 0 Å². The Kier molecular flexibility index (Phi) is 11.6. The van der Waals surface area contributed by atoms with Crippen molar-refractivity contribution in [1.82, 2.24) is 9.88 Å². The topological polar surface area (TPSA) is 90.7 Å². The van der Waals surface area contributed by atoms with Gasteiger partial charge in [0.1, 0.15) is 5.82 Å². The first-order valence-corrected chi connectivity index (χ1v) is 10.1. The normalized spacial score (nSPS) is 14.7. The minimum Gasteiger partial charge on any atom is -0.475 e. The molecule has 13 heteroatoms. The lowest BCUT2D eigenvalue weighted by molar-refractivity contribution is -0.193. The Morgan fingerprint density at radius 3 is 1.86 bits per heavy atom. The molecule has 1 aromatic carbocycles. The van der Waals surface area contributed by atoms with Gasteiger partial charge in [-0.05, 0) is 61.5 Å². The number of pyridine rings is 1. The van der Waals surface area contributed by atoms with Crippen LogP contribution in [0.25, 0.3) is 0 Å². The van der Waals surface area contributed by atoms with Gasteiger partial charge >= 0.3 is 24.3 Å². The van der Waals surface area contributed by atoms with E-state index in [1.807, 2.05) is 30.6 Å². The van der Waals surface area contributed by atoms with Crippen molar-refractivity contribution in [3.05, 3.63) is 65.7 Å². The summed E-state index contributed by atoms with van der Waals surface area (Å²) in [7, 11) is 0. The maximum Gasteiger partial charge on any atom is 0.490 e. The van der Waals surface area contributed by atoms with E-state index in [0.29, 0.717) is 5.92 Å². The van der Waals surface area contributed by atoms with E-state index in [2.05, 4.69) is 16.0 Å². The fourth-order valence-electron chi connectivity index (χ4n) is 3.07. The molecule has 1 aliphatic heterocycles. The lowest BCUT2D eigenvalue weighted by Gasteiger charge is -2.32. The molecule has 6 nitrogen and oxygen atoms in total. The van der Waals surface area contributed by atoms with Crippen molar-refractivity contribution in [2.24, 2.45) is 5.92 Å². The molecule has 194 valence electrons. The van der Waals surface area contributed by atoms with E-state index in [1.54, 1.807) is 12.1 Å². The Hall–Kier alpha value is -3.22. The summed E-state index contributed by atoms with van der Waals surface area (Å²) >= 11 is 0. The molecule has 1 fully saturated rings. The molecule has 0 unspecified atom stereocenters. The molecule has 2 N–H and O–H groups in total. The summed E-state index contributed by atoms with van der Waals surface area (Å²) in [5.41, 5.74) is 2.13. The first-order chi connectivity index (χ1) is 16.2. The number of carbonyl (C=O) groups is 2. The highest BCUT2D eigenvalue weighted by molar-refractivity contribution is 5.73. The number of piperidine rings is 1. The van der Waals surface area contributed by atoms with Gasteiger partial charge in [0.2, 0.25) is 0 Å². The molecule has 1 aromatic heterocycles. The SMILES string of the molecule is Fc1ccccc1CC1CCN(Cc2cccnc2)CC1.O=C(O)C(F)(F)F.O=C(O)C(F)(F)F. The molecule has 2 heterocycles. The van der Waals surface area contributed by atoms with Crippen molar-refractivity contribution >= 4 is 11.9 Å². The molecule has 0 aliphatic carbocycles. The summed E-state index contributed by atoms with van der Waals surface area (Å²) in [6.07, 6.45) is -3.26. The molecule has 0 amide bonds. The molecule has 0 spiro atoms. The van der Waals surface area contributed by atoms with Crippen LogP contribution in [0.2, 0.25) is 0 Å². The number of hydrogen-bond donors (Lipinski definition) is 2. The lowest BCUT2D eigenvalue weighted by atomic mass is 9.90. The number of hydrogen-bond acceptors (Lipinski definition) is 4. The van der Waals surface area contributed by atoms with Crippen LogP contribution in [-0.4, -0.2) is 57.5 Å². The molecule has 1 saturated heterocycles. The standard InChI is InChI=1S/C18H21FN2.2C2HF3O2/c19-18-6-2-1-5-17(18)12-15-7-10-21(11-8-15)14-16-4-3-9-20-13-16;2*3-2(4,5)1(6)7/h1-6,9,13,15H,7-8,10-12,14H2;2*(H,6,7). The zero-order valence-corrected chi connectivity index (χ0v) is 18.2. The number of rotatable bonds is 4. The summed E-state index contributed by atoms with van der Waals surface area (Å²) in [6.45, 7) is 3.16. The second-order valence-corrected chi connectivity index (χ2v) is 7.48. The Morgan fingerprint density at radius 1 is 0.914 bits per heavy atom. The second kappa shape index (κ2) is 13.6. The van der Waals surface area contributed by atoms with Crippen LogP contribution in [0.4, 0.5) is 30.7 Å². The smallest absolute Gasteiger partial charge is 0.475 e. The predicted octanol–water partition coefficient (Wildman–Crippen LogP) is 4.94. The second-order valence-electron chi connectivity index (χ2n) is 7.48. The molecular formula is C22H23F7N2O4. The minimum atomic E-state index is -5.08. The summed E-state index contributed by atoms with van der Waals surface area (Å²) < 4.78 is 77.2. The van der Waals surface area contributed by atoms with Crippen LogP contribution in [-0.2, 0) is 22.6 Å². The van der Waals surface area contributed by atoms with Crippen molar-refractivity contribution in [2.45, 2.75) is 38.2 Å². The number of halogens is 7. The van der Waals surface area contributed by atoms with Crippen LogP contribution < -0.4 is 0 Å². The number of aromatic nitrogens is 1. The third-order valence-electron chi connectivity index (χ3n) is 4.79. The van der Waals surface area contributed by atoms with Crippen LogP contribution in [0.15, 0.2) is 48.8 Å². The van der Waals surface area contributed by atoms with E-state index in [4.69, 9.17) is 19.8 Å². The van der Waals surface area contributed by atoms with Gasteiger partial charge in [0.05, 0.1) is 0 Å². The maximum absolute atomic E-state index is 13.7. The fraction of sp³-hybridized carbons (Fsp3) is 0.409. The van der Waals surface area contributed by atoms with Crippen LogP contribution in [0.1, 0.15) is 24.0 Å². The van der Waals surface area contributed by atoms with Gasteiger partial charge in [-0.1, -0.05) is 24.3 Å². The minimum absolute atomic E-state index is 0.0599. The number of benzene rings is 1. The average Bonchev–Trinajstić information content (AvgIpc) is 2.77. The summed E-state index contributed by atoms with van der Waals surface area (Å²) in [5, 5.41) is 14.2. The molecule has 35 heavy (non-hydrogen) atoms. The highest BCUT2D eigenvalue weighted by Crippen LogP contribution is 2.23. The first kappa shape index (κ1) is 29.8. The van der Waals surface area contributed by atoms with Gasteiger partial charge in [-0.15, -0.1) is 0 Å². The Bertz CT molecular complexity index is 905. The van der Waals surface area contributed by atoms with Crippen LogP contribution >= 0.6 is 0 Å². The number of aliphatic carboxylic acids is 2. The third kappa shape index (κ3) is 12.2. The van der Waals surface area contributed by atoms with E-state index < -0.39 is 24.3 Å². The van der Waals surface area contributed by atoms with E-state index >= 15 is 0 Å².